The van der Waals surface area contributed by atoms with Crippen molar-refractivity contribution >= 4 is 6.29 Å². The summed E-state index contributed by atoms with van der Waals surface area (Å²) in [5, 5.41) is 0. The standard InChI is InChI=1S/C7H13NO/c8-4-6-2-1-3-7(6)5-9/h5-7H,1-4,8H2. The monoisotopic (exact) mass is 127 g/mol. The molecule has 2 atom stereocenters. The minimum Gasteiger partial charge on any atom is -0.330 e. The summed E-state index contributed by atoms with van der Waals surface area (Å²) in [4.78, 5) is 10.3. The van der Waals surface area contributed by atoms with Crippen molar-refractivity contribution in [3.8, 4) is 0 Å². The molecular weight excluding hydrogens is 114 g/mol. The summed E-state index contributed by atoms with van der Waals surface area (Å²) >= 11 is 0. The molecule has 1 aliphatic carbocycles. The quantitative estimate of drug-likeness (QED) is 0.551. The topological polar surface area (TPSA) is 43.1 Å². The molecule has 0 spiro atoms. The Bertz CT molecular complexity index is 103. The number of carbonyl (C=O) groups excluding carboxylic acids is 1. The minimum atomic E-state index is 0.273. The molecule has 0 amide bonds. The fourth-order valence-corrected chi connectivity index (χ4v) is 1.54. The number of hydrogen-bond donors (Lipinski definition) is 1. The number of nitrogens with two attached hydrogens (primary N) is 1. The highest BCUT2D eigenvalue weighted by molar-refractivity contribution is 5.54. The van der Waals surface area contributed by atoms with Crippen molar-refractivity contribution in [2.75, 3.05) is 6.54 Å². The van der Waals surface area contributed by atoms with Gasteiger partial charge in [-0.2, -0.15) is 0 Å². The maximum absolute atomic E-state index is 10.3. The molecule has 52 valence electrons. The lowest BCUT2D eigenvalue weighted by molar-refractivity contribution is -0.111. The van der Waals surface area contributed by atoms with Crippen molar-refractivity contribution in [2.45, 2.75) is 19.3 Å². The lowest BCUT2D eigenvalue weighted by Crippen LogP contribution is -2.18. The second-order valence-corrected chi connectivity index (χ2v) is 2.73. The molecule has 0 aromatic rings. The zero-order chi connectivity index (χ0) is 6.69. The van der Waals surface area contributed by atoms with E-state index in [9.17, 15) is 4.79 Å². The van der Waals surface area contributed by atoms with Gasteiger partial charge in [0.05, 0.1) is 0 Å². The predicted octanol–water partition coefficient (Wildman–Crippen LogP) is 0.560. The fourth-order valence-electron chi connectivity index (χ4n) is 1.54. The maximum Gasteiger partial charge on any atom is 0.123 e. The smallest absolute Gasteiger partial charge is 0.123 e. The maximum atomic E-state index is 10.3. The SMILES string of the molecule is NCC1CCCC1C=O. The van der Waals surface area contributed by atoms with Crippen LogP contribution >= 0.6 is 0 Å². The van der Waals surface area contributed by atoms with E-state index >= 15 is 0 Å². The van der Waals surface area contributed by atoms with E-state index in [1.54, 1.807) is 0 Å². The van der Waals surface area contributed by atoms with Crippen LogP contribution in [0.1, 0.15) is 19.3 Å². The molecule has 0 heterocycles. The zero-order valence-electron chi connectivity index (χ0n) is 5.55. The van der Waals surface area contributed by atoms with Crippen LogP contribution in [0.3, 0.4) is 0 Å². The van der Waals surface area contributed by atoms with Crippen molar-refractivity contribution in [2.24, 2.45) is 17.6 Å². The summed E-state index contributed by atoms with van der Waals surface area (Å²) in [6.07, 6.45) is 4.46. The average molecular weight is 127 g/mol. The van der Waals surface area contributed by atoms with E-state index in [2.05, 4.69) is 0 Å². The first-order chi connectivity index (χ1) is 4.38. The summed E-state index contributed by atoms with van der Waals surface area (Å²) in [6, 6.07) is 0. The van der Waals surface area contributed by atoms with Crippen LogP contribution in [0.25, 0.3) is 0 Å². The normalized spacial score (nSPS) is 34.8. The van der Waals surface area contributed by atoms with E-state index < -0.39 is 0 Å². The Morgan fingerprint density at radius 2 is 2.33 bits per heavy atom. The van der Waals surface area contributed by atoms with Crippen molar-refractivity contribution in [1.29, 1.82) is 0 Å². The highest BCUT2D eigenvalue weighted by Crippen LogP contribution is 2.28. The van der Waals surface area contributed by atoms with Crippen LogP contribution in [0, 0.1) is 11.8 Å². The van der Waals surface area contributed by atoms with Gasteiger partial charge >= 0.3 is 0 Å². The van der Waals surface area contributed by atoms with Crippen LogP contribution in [0.5, 0.6) is 0 Å². The third-order valence-electron chi connectivity index (χ3n) is 2.20. The summed E-state index contributed by atoms with van der Waals surface area (Å²) in [6.45, 7) is 0.684. The van der Waals surface area contributed by atoms with Crippen molar-refractivity contribution < 1.29 is 4.79 Å². The van der Waals surface area contributed by atoms with Crippen molar-refractivity contribution in [3.63, 3.8) is 0 Å². The number of rotatable bonds is 2. The van der Waals surface area contributed by atoms with Gasteiger partial charge in [0.15, 0.2) is 0 Å². The molecule has 0 bridgehead atoms. The van der Waals surface area contributed by atoms with Crippen molar-refractivity contribution in [1.82, 2.24) is 0 Å². The summed E-state index contributed by atoms with van der Waals surface area (Å²) in [5.41, 5.74) is 5.44. The van der Waals surface area contributed by atoms with Crippen LogP contribution in [0.15, 0.2) is 0 Å². The Morgan fingerprint density at radius 3 is 2.78 bits per heavy atom. The van der Waals surface area contributed by atoms with E-state index in [0.29, 0.717) is 12.5 Å². The molecule has 2 unspecified atom stereocenters. The Kier molecular flexibility index (Phi) is 2.22. The molecule has 2 heteroatoms. The molecular formula is C7H13NO. The molecule has 0 radical (unpaired) electrons. The number of hydrogen-bond acceptors (Lipinski definition) is 2. The first-order valence-corrected chi connectivity index (χ1v) is 3.54. The first-order valence-electron chi connectivity index (χ1n) is 3.54. The molecule has 2 N–H and O–H groups in total. The first kappa shape index (κ1) is 6.75. The van der Waals surface area contributed by atoms with E-state index in [0.717, 1.165) is 19.1 Å². The van der Waals surface area contributed by atoms with Crippen LogP contribution < -0.4 is 5.73 Å². The molecule has 1 rings (SSSR count). The lowest BCUT2D eigenvalue weighted by atomic mass is 9.98. The zero-order valence-corrected chi connectivity index (χ0v) is 5.55. The Hall–Kier alpha value is -0.370. The van der Waals surface area contributed by atoms with Gasteiger partial charge in [0, 0.05) is 5.92 Å². The third kappa shape index (κ3) is 1.30. The molecule has 0 aliphatic heterocycles. The third-order valence-corrected chi connectivity index (χ3v) is 2.20. The summed E-state index contributed by atoms with van der Waals surface area (Å²) < 4.78 is 0. The van der Waals surface area contributed by atoms with Crippen LogP contribution in [0.2, 0.25) is 0 Å². The second kappa shape index (κ2) is 2.97. The van der Waals surface area contributed by atoms with Crippen LogP contribution in [-0.4, -0.2) is 12.8 Å². The summed E-state index contributed by atoms with van der Waals surface area (Å²) in [5.74, 6) is 0.762. The van der Waals surface area contributed by atoms with Gasteiger partial charge in [-0.05, 0) is 25.3 Å². The highest BCUT2D eigenvalue weighted by atomic mass is 16.1. The molecule has 9 heavy (non-hydrogen) atoms. The molecule has 1 saturated carbocycles. The highest BCUT2D eigenvalue weighted by Gasteiger charge is 2.24. The predicted molar refractivity (Wildman–Crippen MR) is 35.9 cm³/mol. The van der Waals surface area contributed by atoms with E-state index in [-0.39, 0.29) is 5.92 Å². The van der Waals surface area contributed by atoms with Gasteiger partial charge in [-0.15, -0.1) is 0 Å². The number of aldehydes is 1. The largest absolute Gasteiger partial charge is 0.330 e. The molecule has 0 saturated heterocycles. The van der Waals surface area contributed by atoms with Gasteiger partial charge in [0.25, 0.3) is 0 Å². The Labute approximate surface area is 55.4 Å². The van der Waals surface area contributed by atoms with Crippen LogP contribution in [0.4, 0.5) is 0 Å². The van der Waals surface area contributed by atoms with Gasteiger partial charge in [-0.25, -0.2) is 0 Å². The molecule has 2 nitrogen and oxygen atoms in total. The van der Waals surface area contributed by atoms with E-state index in [1.807, 2.05) is 0 Å². The average Bonchev–Trinajstić information content (AvgIpc) is 2.33. The van der Waals surface area contributed by atoms with Crippen LogP contribution in [-0.2, 0) is 4.79 Å². The number of carbonyl (C=O) groups is 1. The molecule has 1 aliphatic rings. The van der Waals surface area contributed by atoms with E-state index in [4.69, 9.17) is 5.73 Å². The Morgan fingerprint density at radius 1 is 1.56 bits per heavy atom. The Balaban J connectivity index is 2.41. The molecule has 0 aromatic carbocycles. The van der Waals surface area contributed by atoms with E-state index in [1.165, 1.54) is 6.42 Å². The molecule has 1 fully saturated rings. The summed E-state index contributed by atoms with van der Waals surface area (Å²) in [7, 11) is 0. The van der Waals surface area contributed by atoms with Gasteiger partial charge in [0.1, 0.15) is 6.29 Å². The van der Waals surface area contributed by atoms with Gasteiger partial charge in [-0.1, -0.05) is 6.42 Å². The van der Waals surface area contributed by atoms with Crippen molar-refractivity contribution in [3.05, 3.63) is 0 Å². The van der Waals surface area contributed by atoms with Gasteiger partial charge in [-0.3, -0.25) is 0 Å². The second-order valence-electron chi connectivity index (χ2n) is 2.73. The van der Waals surface area contributed by atoms with Gasteiger partial charge < -0.3 is 10.5 Å². The van der Waals surface area contributed by atoms with Gasteiger partial charge in [0.2, 0.25) is 0 Å². The lowest BCUT2D eigenvalue weighted by Gasteiger charge is -2.08. The fraction of sp³-hybridized carbons (Fsp3) is 0.857. The minimum absolute atomic E-state index is 0.273. The molecule has 0 aromatic heterocycles.